The zero-order valence-electron chi connectivity index (χ0n) is 15.9. The molecule has 156 valence electrons. The summed E-state index contributed by atoms with van der Waals surface area (Å²) in [5, 5.41) is 28.8. The third-order valence-corrected chi connectivity index (χ3v) is 4.77. The van der Waals surface area contributed by atoms with Crippen molar-refractivity contribution < 1.29 is 19.6 Å². The molecule has 1 heterocycles. The molecule has 0 saturated carbocycles. The van der Waals surface area contributed by atoms with Crippen LogP contribution in [-0.4, -0.2) is 28.1 Å². The van der Waals surface area contributed by atoms with Gasteiger partial charge in [-0.25, -0.2) is 5.43 Å². The van der Waals surface area contributed by atoms with Crippen molar-refractivity contribution in [1.29, 1.82) is 0 Å². The van der Waals surface area contributed by atoms with Crippen molar-refractivity contribution >= 4 is 41.1 Å². The number of non-ortho nitro benzene ring substituents is 1. The summed E-state index contributed by atoms with van der Waals surface area (Å²) in [6.45, 7) is 0. The van der Waals surface area contributed by atoms with E-state index < -0.39 is 16.7 Å². The monoisotopic (exact) mass is 436 g/mol. The van der Waals surface area contributed by atoms with Gasteiger partial charge >= 0.3 is 0 Å². The molecule has 2 amide bonds. The van der Waals surface area contributed by atoms with Crippen molar-refractivity contribution in [1.82, 2.24) is 10.7 Å². The van der Waals surface area contributed by atoms with Crippen LogP contribution in [0.5, 0.6) is 5.75 Å². The number of nitro benzene ring substituents is 1. The van der Waals surface area contributed by atoms with Gasteiger partial charge in [-0.05, 0) is 35.7 Å². The lowest BCUT2D eigenvalue weighted by Gasteiger charge is -2.08. The van der Waals surface area contributed by atoms with E-state index in [0.29, 0.717) is 5.56 Å². The van der Waals surface area contributed by atoms with E-state index in [0.717, 1.165) is 29.3 Å². The topological polar surface area (TPSA) is 134 Å². The molecule has 2 aromatic carbocycles. The Morgan fingerprint density at radius 2 is 1.87 bits per heavy atom. The molecule has 0 fully saturated rings. The largest absolute Gasteiger partial charge is 0.507 e. The van der Waals surface area contributed by atoms with Crippen LogP contribution in [0.4, 0.5) is 5.69 Å². The number of aromatic hydroxyl groups is 1. The molecule has 0 spiro atoms. The van der Waals surface area contributed by atoms with E-state index in [1.807, 2.05) is 5.38 Å². The van der Waals surface area contributed by atoms with Crippen molar-refractivity contribution in [3.8, 4) is 5.75 Å². The number of phenols is 1. The summed E-state index contributed by atoms with van der Waals surface area (Å²) in [7, 11) is 0. The highest BCUT2D eigenvalue weighted by molar-refractivity contribution is 7.10. The summed E-state index contributed by atoms with van der Waals surface area (Å²) >= 11 is 1.38. The van der Waals surface area contributed by atoms with Crippen molar-refractivity contribution in [3.63, 3.8) is 0 Å². The quantitative estimate of drug-likeness (QED) is 0.226. The molecule has 0 aliphatic carbocycles. The summed E-state index contributed by atoms with van der Waals surface area (Å²) in [5.74, 6) is -1.42. The Labute approximate surface area is 180 Å². The van der Waals surface area contributed by atoms with Gasteiger partial charge in [0.05, 0.1) is 11.1 Å². The molecule has 31 heavy (non-hydrogen) atoms. The highest BCUT2D eigenvalue weighted by Crippen LogP contribution is 2.21. The molecule has 3 aromatic rings. The Morgan fingerprint density at radius 1 is 1.10 bits per heavy atom. The lowest BCUT2D eigenvalue weighted by Crippen LogP contribution is -2.32. The van der Waals surface area contributed by atoms with Gasteiger partial charge in [-0.15, -0.1) is 11.3 Å². The second-order valence-electron chi connectivity index (χ2n) is 6.09. The van der Waals surface area contributed by atoms with Crippen molar-refractivity contribution in [2.75, 3.05) is 0 Å². The van der Waals surface area contributed by atoms with Gasteiger partial charge in [0.2, 0.25) is 0 Å². The van der Waals surface area contributed by atoms with E-state index in [4.69, 9.17) is 0 Å². The Bertz CT molecular complexity index is 1160. The van der Waals surface area contributed by atoms with Crippen LogP contribution >= 0.6 is 11.3 Å². The summed E-state index contributed by atoms with van der Waals surface area (Å²) in [6, 6.07) is 15.4. The summed E-state index contributed by atoms with van der Waals surface area (Å²) < 4.78 is 0. The van der Waals surface area contributed by atoms with Crippen LogP contribution in [0.1, 0.15) is 20.8 Å². The number of nitro groups is 1. The number of phenolic OH excluding ortho intramolecular Hbond substituents is 1. The van der Waals surface area contributed by atoms with Crippen LogP contribution in [-0.2, 0) is 4.79 Å². The number of hydrogen-bond donors (Lipinski definition) is 3. The first-order valence-corrected chi connectivity index (χ1v) is 9.74. The second kappa shape index (κ2) is 9.94. The summed E-state index contributed by atoms with van der Waals surface area (Å²) in [6.07, 6.45) is 2.57. The minimum Gasteiger partial charge on any atom is -0.507 e. The van der Waals surface area contributed by atoms with Crippen LogP contribution in [0.15, 0.2) is 76.8 Å². The third kappa shape index (κ3) is 5.84. The molecule has 0 aliphatic heterocycles. The van der Waals surface area contributed by atoms with E-state index in [1.165, 1.54) is 17.4 Å². The van der Waals surface area contributed by atoms with Crippen LogP contribution in [0.3, 0.4) is 0 Å². The van der Waals surface area contributed by atoms with Gasteiger partial charge in [-0.3, -0.25) is 19.7 Å². The van der Waals surface area contributed by atoms with Gasteiger partial charge in [0.15, 0.2) is 0 Å². The fourth-order valence-electron chi connectivity index (χ4n) is 2.44. The fourth-order valence-corrected chi connectivity index (χ4v) is 3.09. The summed E-state index contributed by atoms with van der Waals surface area (Å²) in [5.41, 5.74) is 2.39. The summed E-state index contributed by atoms with van der Waals surface area (Å²) in [4.78, 5) is 36.1. The number of carbonyl (C=O) groups excluding carboxylic acids is 2. The Balaban J connectivity index is 1.78. The predicted molar refractivity (Wildman–Crippen MR) is 117 cm³/mol. The molecule has 10 heteroatoms. The molecule has 0 radical (unpaired) electrons. The highest BCUT2D eigenvalue weighted by atomic mass is 32.1. The number of rotatable bonds is 7. The maximum Gasteiger partial charge on any atom is 0.287 e. The first kappa shape index (κ1) is 21.4. The van der Waals surface area contributed by atoms with E-state index in [-0.39, 0.29) is 22.7 Å². The zero-order chi connectivity index (χ0) is 22.2. The first-order chi connectivity index (χ1) is 14.9. The molecule has 3 rings (SSSR count). The average molecular weight is 436 g/mol. The highest BCUT2D eigenvalue weighted by Gasteiger charge is 2.15. The smallest absolute Gasteiger partial charge is 0.287 e. The number of thiophene rings is 1. The lowest BCUT2D eigenvalue weighted by molar-refractivity contribution is -0.384. The van der Waals surface area contributed by atoms with Gasteiger partial charge in [-0.2, -0.15) is 5.10 Å². The predicted octanol–water partition coefficient (Wildman–Crippen LogP) is 3.28. The SMILES string of the molecule is O=C(NN=Cc1cc([N+](=O)[O-])ccc1O)/C(=C\c1cccs1)NC(=O)c1ccccc1. The molecule has 0 atom stereocenters. The maximum absolute atomic E-state index is 12.6. The third-order valence-electron chi connectivity index (χ3n) is 3.95. The van der Waals surface area contributed by atoms with Gasteiger partial charge in [-0.1, -0.05) is 24.3 Å². The number of carbonyl (C=O) groups is 2. The molecule has 0 aliphatic rings. The Morgan fingerprint density at radius 3 is 2.55 bits per heavy atom. The van der Waals surface area contributed by atoms with Crippen LogP contribution < -0.4 is 10.7 Å². The fraction of sp³-hybridized carbons (Fsp3) is 0. The number of nitrogens with zero attached hydrogens (tertiary/aromatic N) is 2. The van der Waals surface area contributed by atoms with Gasteiger partial charge < -0.3 is 10.4 Å². The lowest BCUT2D eigenvalue weighted by atomic mass is 10.2. The average Bonchev–Trinajstić information content (AvgIpc) is 3.28. The number of amides is 2. The van der Waals surface area contributed by atoms with E-state index in [2.05, 4.69) is 15.8 Å². The first-order valence-electron chi connectivity index (χ1n) is 8.86. The number of hydrogen-bond acceptors (Lipinski definition) is 7. The van der Waals surface area contributed by atoms with Crippen molar-refractivity contribution in [3.05, 3.63) is 97.9 Å². The second-order valence-corrected chi connectivity index (χ2v) is 7.07. The Hall–Kier alpha value is -4.31. The van der Waals surface area contributed by atoms with E-state index >= 15 is 0 Å². The molecule has 0 unspecified atom stereocenters. The van der Waals surface area contributed by atoms with Crippen LogP contribution in [0, 0.1) is 10.1 Å². The number of benzene rings is 2. The van der Waals surface area contributed by atoms with Gasteiger partial charge in [0.1, 0.15) is 11.4 Å². The maximum atomic E-state index is 12.6. The van der Waals surface area contributed by atoms with Crippen molar-refractivity contribution in [2.45, 2.75) is 0 Å². The minimum absolute atomic E-state index is 0.0447. The number of nitrogens with one attached hydrogen (secondary N) is 2. The number of hydrazone groups is 1. The Kier molecular flexibility index (Phi) is 6.86. The molecule has 0 bridgehead atoms. The molecular weight excluding hydrogens is 420 g/mol. The van der Waals surface area contributed by atoms with E-state index in [1.54, 1.807) is 42.5 Å². The molecule has 1 aromatic heterocycles. The van der Waals surface area contributed by atoms with Crippen molar-refractivity contribution in [2.24, 2.45) is 5.10 Å². The molecular formula is C21H16N4O5S. The molecule has 3 N–H and O–H groups in total. The normalized spacial score (nSPS) is 11.3. The van der Waals surface area contributed by atoms with E-state index in [9.17, 15) is 24.8 Å². The van der Waals surface area contributed by atoms with Crippen LogP contribution in [0.25, 0.3) is 6.08 Å². The molecule has 0 saturated heterocycles. The zero-order valence-corrected chi connectivity index (χ0v) is 16.7. The standard InChI is InChI=1S/C21H16N4O5S/c26-19-9-8-16(25(29)30)11-15(19)13-22-24-21(28)18(12-17-7-4-10-31-17)23-20(27)14-5-2-1-3-6-14/h1-13,26H,(H,23,27)(H,24,28)/b18-12+,22-13?. The minimum atomic E-state index is -0.709. The van der Waals surface area contributed by atoms with Gasteiger partial charge in [0.25, 0.3) is 17.5 Å². The van der Waals surface area contributed by atoms with Crippen LogP contribution in [0.2, 0.25) is 0 Å². The van der Waals surface area contributed by atoms with Gasteiger partial charge in [0, 0.05) is 28.1 Å². The molecule has 9 nitrogen and oxygen atoms in total.